The summed E-state index contributed by atoms with van der Waals surface area (Å²) in [5.74, 6) is 0. The molecule has 0 saturated carbocycles. The summed E-state index contributed by atoms with van der Waals surface area (Å²) in [6, 6.07) is 77.3. The number of hydrogen-bond acceptors (Lipinski definition) is 6. The lowest BCUT2D eigenvalue weighted by atomic mass is 9.92. The topological polar surface area (TPSA) is 0 Å². The van der Waals surface area contributed by atoms with Gasteiger partial charge in [-0.2, -0.15) is 0 Å². The van der Waals surface area contributed by atoms with Crippen LogP contribution in [0.5, 0.6) is 0 Å². The van der Waals surface area contributed by atoms with Crippen molar-refractivity contribution in [3.8, 4) is 11.1 Å². The van der Waals surface area contributed by atoms with Crippen LogP contribution in [0.4, 0.5) is 0 Å². The van der Waals surface area contributed by atoms with Gasteiger partial charge in [-0.1, -0.05) is 193 Å². The summed E-state index contributed by atoms with van der Waals surface area (Å²) in [5.41, 5.74) is 18.1. The lowest BCUT2D eigenvalue weighted by molar-refractivity contribution is 1.28. The molecular formula is C60H34S6. The van der Waals surface area contributed by atoms with Crippen LogP contribution in [0.25, 0.3) is 33.4 Å². The largest absolute Gasteiger partial charge is 0.134 e. The van der Waals surface area contributed by atoms with E-state index in [0.717, 1.165) is 0 Å². The number of rotatable bonds is 1. The molecule has 0 radical (unpaired) electrons. The first kappa shape index (κ1) is 39.2. The highest BCUT2D eigenvalue weighted by atomic mass is 32.2. The third kappa shape index (κ3) is 6.23. The molecule has 0 fully saturated rings. The van der Waals surface area contributed by atoms with Crippen LogP contribution in [0.2, 0.25) is 0 Å². The predicted octanol–water partition coefficient (Wildman–Crippen LogP) is 14.3. The Morgan fingerprint density at radius 2 is 0.394 bits per heavy atom. The van der Waals surface area contributed by atoms with E-state index in [1.807, 2.05) is 69.7 Å². The van der Waals surface area contributed by atoms with Gasteiger partial charge in [0.15, 0.2) is 0 Å². The fourth-order valence-corrected chi connectivity index (χ4v) is 17.0. The molecule has 0 unspecified atom stereocenters. The Balaban J connectivity index is 1.23. The molecule has 0 atom stereocenters. The smallest absolute Gasteiger partial charge is 0.0441 e. The molecule has 0 bridgehead atoms. The molecule has 8 aromatic carbocycles. The lowest BCUT2D eigenvalue weighted by Crippen LogP contribution is -2.15. The number of fused-ring (bicyclic) bond motifs is 8. The average Bonchev–Trinajstić information content (AvgIpc) is 4.00. The van der Waals surface area contributed by atoms with Crippen molar-refractivity contribution in [2.24, 2.45) is 0 Å². The summed E-state index contributed by atoms with van der Waals surface area (Å²) in [4.78, 5) is 10.4. The molecule has 0 spiro atoms. The van der Waals surface area contributed by atoms with Crippen molar-refractivity contribution in [3.63, 3.8) is 0 Å². The van der Waals surface area contributed by atoms with E-state index >= 15 is 0 Å². The van der Waals surface area contributed by atoms with Crippen molar-refractivity contribution >= 4 is 92.0 Å². The highest BCUT2D eigenvalue weighted by Crippen LogP contribution is 2.49. The summed E-state index contributed by atoms with van der Waals surface area (Å²) >= 11 is 11.5. The molecule has 4 aliphatic rings. The predicted molar refractivity (Wildman–Crippen MR) is 281 cm³/mol. The Labute approximate surface area is 407 Å². The maximum absolute atomic E-state index is 2.56. The minimum absolute atomic E-state index is 1.27. The van der Waals surface area contributed by atoms with Crippen LogP contribution in [0.1, 0.15) is 44.5 Å². The zero-order chi connectivity index (χ0) is 43.3. The Hall–Kier alpha value is -5.96. The van der Waals surface area contributed by atoms with Crippen molar-refractivity contribution in [2.45, 2.75) is 39.2 Å². The van der Waals surface area contributed by atoms with Crippen molar-refractivity contribution in [1.29, 1.82) is 0 Å². The molecule has 6 heteroatoms. The van der Waals surface area contributed by atoms with Gasteiger partial charge in [0.1, 0.15) is 0 Å². The normalized spacial score (nSPS) is 14.0. The third-order valence-electron chi connectivity index (χ3n) is 12.8. The summed E-state index contributed by atoms with van der Waals surface area (Å²) in [7, 11) is 0. The fraction of sp³-hybridized carbons (Fsp3) is 0. The van der Waals surface area contributed by atoms with Crippen molar-refractivity contribution in [3.05, 3.63) is 269 Å². The first-order chi connectivity index (χ1) is 32.7. The average molecular weight is 947 g/mol. The second kappa shape index (κ2) is 15.8. The Morgan fingerprint density at radius 3 is 0.621 bits per heavy atom. The van der Waals surface area contributed by atoms with E-state index in [-0.39, 0.29) is 0 Å². The number of thiophene rings is 2. The second-order valence-corrected chi connectivity index (χ2v) is 23.0. The van der Waals surface area contributed by atoms with E-state index in [2.05, 4.69) is 206 Å². The van der Waals surface area contributed by atoms with Crippen LogP contribution < -0.4 is 18.1 Å². The van der Waals surface area contributed by atoms with Crippen LogP contribution in [0.3, 0.4) is 0 Å². The first-order valence-electron chi connectivity index (χ1n) is 22.0. The third-order valence-corrected chi connectivity index (χ3v) is 19.8. The maximum Gasteiger partial charge on any atom is 0.0441 e. The Kier molecular flexibility index (Phi) is 9.42. The Bertz CT molecular complexity index is 3510. The summed E-state index contributed by atoms with van der Waals surface area (Å²) in [6.07, 6.45) is 0. The van der Waals surface area contributed by atoms with E-state index in [1.54, 1.807) is 0 Å². The molecular weight excluding hydrogens is 913 g/mol. The fourth-order valence-electron chi connectivity index (χ4n) is 9.97. The molecule has 10 aromatic rings. The number of benzene rings is 8. The van der Waals surface area contributed by atoms with Gasteiger partial charge >= 0.3 is 0 Å². The minimum Gasteiger partial charge on any atom is -0.134 e. The monoisotopic (exact) mass is 946 g/mol. The van der Waals surface area contributed by atoms with Crippen LogP contribution in [0, 0.1) is 0 Å². The molecule has 0 aliphatic carbocycles. The highest BCUT2D eigenvalue weighted by Gasteiger charge is 2.29. The highest BCUT2D eigenvalue weighted by molar-refractivity contribution is 8.00. The molecule has 310 valence electrons. The van der Waals surface area contributed by atoms with E-state index in [4.69, 9.17) is 0 Å². The van der Waals surface area contributed by atoms with Crippen molar-refractivity contribution in [2.75, 3.05) is 0 Å². The van der Waals surface area contributed by atoms with Crippen LogP contribution in [-0.4, -0.2) is 0 Å². The molecule has 2 aromatic heterocycles. The van der Waals surface area contributed by atoms with Gasteiger partial charge in [0.25, 0.3) is 0 Å². The van der Waals surface area contributed by atoms with E-state index < -0.39 is 0 Å². The quantitative estimate of drug-likeness (QED) is 0.161. The summed E-state index contributed by atoms with van der Waals surface area (Å²) in [5, 5.41) is 0. The molecule has 0 saturated heterocycles. The lowest BCUT2D eigenvalue weighted by Gasteiger charge is -2.22. The molecule has 0 amide bonds. The zero-order valence-electron chi connectivity index (χ0n) is 35.1. The summed E-state index contributed by atoms with van der Waals surface area (Å²) in [6.45, 7) is 0. The SMILES string of the molecule is c1ccc2c(c1)Sc1ccccc1C2=c1cc(-c2cc(=C3c4ccccc4Sc4ccccc43)sc2=C2c3ccccc3Sc3ccccc32)c(=C2c3ccccc3Sc3ccccc32)s1. The van der Waals surface area contributed by atoms with Gasteiger partial charge in [-0.05, 0) is 105 Å². The molecule has 66 heavy (non-hydrogen) atoms. The van der Waals surface area contributed by atoms with Crippen LogP contribution in [0.15, 0.2) is 245 Å². The van der Waals surface area contributed by atoms with Gasteiger partial charge in [-0.15, -0.1) is 22.7 Å². The van der Waals surface area contributed by atoms with Gasteiger partial charge in [0.05, 0.1) is 0 Å². The van der Waals surface area contributed by atoms with E-state index in [9.17, 15) is 0 Å². The van der Waals surface area contributed by atoms with Crippen molar-refractivity contribution in [1.82, 2.24) is 0 Å². The molecule has 14 rings (SSSR count). The zero-order valence-corrected chi connectivity index (χ0v) is 40.0. The van der Waals surface area contributed by atoms with Gasteiger partial charge in [-0.3, -0.25) is 0 Å². The molecule has 6 heterocycles. The maximum atomic E-state index is 2.56. The first-order valence-corrected chi connectivity index (χ1v) is 26.9. The standard InChI is InChI=1S/C60H34S6/c1-9-25-45-35(17-1)55(36-18-2-10-26-46(36)61-45)53-33-43(59(65-53)57-39-21-5-13-29-49(39)63-50-30-14-6-22-40(50)57)44-34-54(56-37-19-3-11-27-47(37)62-48-28-12-4-20-38(48)56)66-60(44)58-41-23-7-15-31-51(41)64-52-32-16-8-24-42(52)58/h1-34H. The molecule has 4 aliphatic heterocycles. The van der Waals surface area contributed by atoms with Crippen LogP contribution >= 0.6 is 69.7 Å². The summed E-state index contributed by atoms with van der Waals surface area (Å²) < 4.78 is 5.16. The molecule has 0 N–H and O–H groups in total. The van der Waals surface area contributed by atoms with Gasteiger partial charge in [0, 0.05) is 90.7 Å². The Morgan fingerprint density at radius 1 is 0.197 bits per heavy atom. The second-order valence-electron chi connectivity index (χ2n) is 16.6. The number of hydrogen-bond donors (Lipinski definition) is 0. The van der Waals surface area contributed by atoms with Crippen molar-refractivity contribution < 1.29 is 0 Å². The van der Waals surface area contributed by atoms with Gasteiger partial charge < -0.3 is 0 Å². The molecule has 0 nitrogen and oxygen atoms in total. The van der Waals surface area contributed by atoms with E-state index in [1.165, 1.54) is 135 Å². The van der Waals surface area contributed by atoms with Gasteiger partial charge in [-0.25, -0.2) is 0 Å². The van der Waals surface area contributed by atoms with Gasteiger partial charge in [0.2, 0.25) is 0 Å². The van der Waals surface area contributed by atoms with E-state index in [0.29, 0.717) is 0 Å². The van der Waals surface area contributed by atoms with Crippen LogP contribution in [-0.2, 0) is 0 Å². The minimum atomic E-state index is 1.27.